The number of rotatable bonds is 7. The van der Waals surface area contributed by atoms with E-state index >= 15 is 0 Å². The Kier molecular flexibility index (Phi) is 8.29. The van der Waals surface area contributed by atoms with Gasteiger partial charge in [0.2, 0.25) is 10.0 Å². The highest BCUT2D eigenvalue weighted by Crippen LogP contribution is 2.36. The molecular formula is C25H29ClN4O6S2. The van der Waals surface area contributed by atoms with Gasteiger partial charge < -0.3 is 9.84 Å². The zero-order valence-electron chi connectivity index (χ0n) is 21.3. The minimum atomic E-state index is -3.67. The molecule has 0 bridgehead atoms. The Labute approximate surface area is 229 Å². The molecule has 13 heteroatoms. The molecule has 1 aromatic heterocycles. The predicted molar refractivity (Wildman–Crippen MR) is 146 cm³/mol. The van der Waals surface area contributed by atoms with Crippen LogP contribution in [-0.4, -0.2) is 45.6 Å². The number of nitrogens with zero attached hydrogens (tertiary/aromatic N) is 3. The maximum Gasteiger partial charge on any atom is 0.266 e. The molecule has 2 N–H and O–H groups in total. The number of sulfonamides is 1. The van der Waals surface area contributed by atoms with Crippen LogP contribution in [0.4, 0.5) is 17.1 Å². The number of carbonyl (C=O) groups is 1. The zero-order valence-corrected chi connectivity index (χ0v) is 23.7. The molecule has 38 heavy (non-hydrogen) atoms. The number of nitrogens with one attached hydrogen (secondary N) is 1. The monoisotopic (exact) mass is 580 g/mol. The van der Waals surface area contributed by atoms with E-state index in [0.29, 0.717) is 30.2 Å². The maximum absolute atomic E-state index is 13.3. The Morgan fingerprint density at radius 1 is 1.16 bits per heavy atom. The van der Waals surface area contributed by atoms with E-state index in [1.807, 2.05) is 13.8 Å². The molecule has 1 saturated heterocycles. The number of carbonyl (C=O) groups excluding carboxylic acids is 1. The second kappa shape index (κ2) is 11.1. The van der Waals surface area contributed by atoms with Crippen LogP contribution in [0.3, 0.4) is 0 Å². The molecule has 1 aliphatic rings. The number of amides is 1. The number of piperidine rings is 1. The van der Waals surface area contributed by atoms with Gasteiger partial charge in [-0.15, -0.1) is 0 Å². The number of benzene rings is 2. The Hall–Kier alpha value is -2.77. The highest BCUT2D eigenvalue weighted by molar-refractivity contribution is 7.89. The molecule has 3 aromatic rings. The molecule has 2 aromatic carbocycles. The second-order valence-electron chi connectivity index (χ2n) is 9.61. The van der Waals surface area contributed by atoms with Crippen LogP contribution in [0.1, 0.15) is 42.1 Å². The van der Waals surface area contributed by atoms with Gasteiger partial charge in [0, 0.05) is 23.8 Å². The van der Waals surface area contributed by atoms with Crippen LogP contribution in [0.15, 0.2) is 51.9 Å². The average molecular weight is 581 g/mol. The highest BCUT2D eigenvalue weighted by atomic mass is 35.5. The molecule has 3 unspecified atom stereocenters. The lowest BCUT2D eigenvalue weighted by Gasteiger charge is -2.34. The molecule has 1 fully saturated rings. The highest BCUT2D eigenvalue weighted by Gasteiger charge is 2.32. The van der Waals surface area contributed by atoms with Gasteiger partial charge in [-0.2, -0.15) is 4.31 Å². The van der Waals surface area contributed by atoms with Crippen LogP contribution in [-0.2, 0) is 21.3 Å². The standard InChI is InChI=1S/C25H29ClN4O6S2/c1-15-11-16(2)14-29(13-15)38(34,35)21-8-6-20(7-9-21)27-25(31)22-12-19(26)5-10-23(22)30(37(32)33)24-17(3)28-36-18(24)4/h5-10,12,15-16H,11,13-14H2,1-4H3,(H,27,31)(H,32,33). The molecule has 3 atom stereocenters. The van der Waals surface area contributed by atoms with Crippen molar-refractivity contribution in [2.45, 2.75) is 39.0 Å². The first-order valence-electron chi connectivity index (χ1n) is 11.9. The van der Waals surface area contributed by atoms with Gasteiger partial charge in [0.25, 0.3) is 17.2 Å². The van der Waals surface area contributed by atoms with Crippen molar-refractivity contribution in [1.29, 1.82) is 0 Å². The fourth-order valence-electron chi connectivity index (χ4n) is 4.78. The van der Waals surface area contributed by atoms with Crippen LogP contribution in [0.25, 0.3) is 0 Å². The SMILES string of the molecule is Cc1noc(C)c1N(c1ccc(Cl)cc1C(=O)Nc1ccc(S(=O)(=O)N2CC(C)CC(C)C2)cc1)S(=O)O. The van der Waals surface area contributed by atoms with E-state index in [0.717, 1.165) is 10.7 Å². The van der Waals surface area contributed by atoms with Crippen molar-refractivity contribution in [3.05, 3.63) is 64.5 Å². The van der Waals surface area contributed by atoms with Gasteiger partial charge in [-0.1, -0.05) is 30.6 Å². The summed E-state index contributed by atoms with van der Waals surface area (Å²) in [6, 6.07) is 10.2. The number of halogens is 1. The summed E-state index contributed by atoms with van der Waals surface area (Å²) in [5.41, 5.74) is 1.08. The van der Waals surface area contributed by atoms with Gasteiger partial charge in [-0.3, -0.25) is 9.35 Å². The first kappa shape index (κ1) is 28.2. The molecule has 2 heterocycles. The fourth-order valence-corrected chi connectivity index (χ4v) is 7.37. The third-order valence-corrected chi connectivity index (χ3v) is 9.13. The van der Waals surface area contributed by atoms with E-state index in [-0.39, 0.29) is 38.7 Å². The molecule has 1 aliphatic heterocycles. The molecule has 0 radical (unpaired) electrons. The molecule has 0 spiro atoms. The minimum Gasteiger partial charge on any atom is -0.359 e. The first-order chi connectivity index (χ1) is 17.9. The largest absolute Gasteiger partial charge is 0.359 e. The maximum atomic E-state index is 13.3. The van der Waals surface area contributed by atoms with Crippen molar-refractivity contribution < 1.29 is 26.5 Å². The van der Waals surface area contributed by atoms with Gasteiger partial charge in [0.15, 0.2) is 5.76 Å². The van der Waals surface area contributed by atoms with Gasteiger partial charge >= 0.3 is 0 Å². The summed E-state index contributed by atoms with van der Waals surface area (Å²) in [5, 5.41) is 6.79. The first-order valence-corrected chi connectivity index (χ1v) is 14.8. The molecule has 0 aliphatic carbocycles. The van der Waals surface area contributed by atoms with E-state index in [1.54, 1.807) is 13.8 Å². The molecule has 10 nitrogen and oxygen atoms in total. The van der Waals surface area contributed by atoms with Crippen molar-refractivity contribution in [1.82, 2.24) is 9.46 Å². The number of hydrogen-bond acceptors (Lipinski definition) is 6. The lowest BCUT2D eigenvalue weighted by atomic mass is 9.94. The van der Waals surface area contributed by atoms with Gasteiger partial charge in [-0.25, -0.2) is 16.9 Å². The van der Waals surface area contributed by atoms with E-state index in [9.17, 15) is 22.0 Å². The number of aryl methyl sites for hydroxylation is 2. The van der Waals surface area contributed by atoms with Crippen LogP contribution in [0.2, 0.25) is 5.02 Å². The van der Waals surface area contributed by atoms with E-state index < -0.39 is 27.2 Å². The van der Waals surface area contributed by atoms with Gasteiger partial charge in [0.05, 0.1) is 16.1 Å². The summed E-state index contributed by atoms with van der Waals surface area (Å²) >= 11 is 3.60. The predicted octanol–water partition coefficient (Wildman–Crippen LogP) is 5.14. The minimum absolute atomic E-state index is 0.0212. The number of hydrogen-bond donors (Lipinski definition) is 2. The zero-order chi connectivity index (χ0) is 27.8. The Balaban J connectivity index is 1.61. The lowest BCUT2D eigenvalue weighted by Crippen LogP contribution is -2.42. The Morgan fingerprint density at radius 3 is 2.34 bits per heavy atom. The van der Waals surface area contributed by atoms with Crippen LogP contribution in [0, 0.1) is 25.7 Å². The van der Waals surface area contributed by atoms with Crippen molar-refractivity contribution in [2.75, 3.05) is 22.7 Å². The summed E-state index contributed by atoms with van der Waals surface area (Å²) in [7, 11) is -3.67. The summed E-state index contributed by atoms with van der Waals surface area (Å²) in [6.07, 6.45) is 0.986. The molecule has 0 saturated carbocycles. The smallest absolute Gasteiger partial charge is 0.266 e. The van der Waals surface area contributed by atoms with Crippen molar-refractivity contribution >= 4 is 55.9 Å². The molecular weight excluding hydrogens is 552 g/mol. The summed E-state index contributed by atoms with van der Waals surface area (Å²) in [4.78, 5) is 13.5. The van der Waals surface area contributed by atoms with Crippen LogP contribution < -0.4 is 9.62 Å². The third kappa shape index (κ3) is 5.79. The Bertz CT molecular complexity index is 1450. The number of anilines is 3. The normalized spacial score (nSPS) is 19.2. The van der Waals surface area contributed by atoms with Gasteiger partial charge in [-0.05, 0) is 74.6 Å². The summed E-state index contributed by atoms with van der Waals surface area (Å²) in [6.45, 7) is 8.22. The Morgan fingerprint density at radius 2 is 1.79 bits per heavy atom. The van der Waals surface area contributed by atoms with E-state index in [1.165, 1.54) is 46.8 Å². The molecule has 4 rings (SSSR count). The molecule has 204 valence electrons. The van der Waals surface area contributed by atoms with Crippen molar-refractivity contribution in [3.8, 4) is 0 Å². The van der Waals surface area contributed by atoms with E-state index in [2.05, 4.69) is 10.5 Å². The average Bonchev–Trinajstić information content (AvgIpc) is 3.17. The van der Waals surface area contributed by atoms with Crippen LogP contribution >= 0.6 is 11.6 Å². The molecule has 1 amide bonds. The van der Waals surface area contributed by atoms with Crippen LogP contribution in [0.5, 0.6) is 0 Å². The summed E-state index contributed by atoms with van der Waals surface area (Å²) in [5.74, 6) is 0.230. The lowest BCUT2D eigenvalue weighted by molar-refractivity contribution is 0.102. The van der Waals surface area contributed by atoms with Gasteiger partial charge in [0.1, 0.15) is 11.4 Å². The third-order valence-electron chi connectivity index (χ3n) is 6.36. The van der Waals surface area contributed by atoms with E-state index in [4.69, 9.17) is 16.1 Å². The fraction of sp³-hybridized carbons (Fsp3) is 0.360. The quantitative estimate of drug-likeness (QED) is 0.370. The summed E-state index contributed by atoms with van der Waals surface area (Å²) < 4.78 is 56.5. The topological polar surface area (TPSA) is 133 Å². The van der Waals surface area contributed by atoms with Crippen molar-refractivity contribution in [3.63, 3.8) is 0 Å². The van der Waals surface area contributed by atoms with Crippen molar-refractivity contribution in [2.24, 2.45) is 11.8 Å². The second-order valence-corrected chi connectivity index (χ2v) is 12.8. The number of aromatic nitrogens is 1.